The number of allylic oxidation sites excluding steroid dienone is 3. The first-order chi connectivity index (χ1) is 6.66. The normalized spacial score (nSPS) is 11.7. The van der Waals surface area contributed by atoms with E-state index in [2.05, 4.69) is 13.5 Å². The van der Waals surface area contributed by atoms with Crippen LogP contribution in [0.15, 0.2) is 24.0 Å². The average Bonchev–Trinajstić information content (AvgIpc) is 2.10. The number of hydrogen-bond donors (Lipinski definition) is 1. The van der Waals surface area contributed by atoms with Crippen molar-refractivity contribution >= 4 is 0 Å². The van der Waals surface area contributed by atoms with E-state index in [9.17, 15) is 5.11 Å². The lowest BCUT2D eigenvalue weighted by Gasteiger charge is -2.01. The third kappa shape index (κ3) is 9.37. The van der Waals surface area contributed by atoms with Crippen LogP contribution in [0.1, 0.15) is 58.8 Å². The summed E-state index contributed by atoms with van der Waals surface area (Å²) in [6, 6.07) is 0. The summed E-state index contributed by atoms with van der Waals surface area (Å²) < 4.78 is 0. The molecule has 0 aromatic rings. The highest BCUT2D eigenvalue weighted by molar-refractivity contribution is 5.13. The van der Waals surface area contributed by atoms with E-state index in [4.69, 9.17) is 0 Å². The molecule has 0 heterocycles. The molecule has 0 fully saturated rings. The van der Waals surface area contributed by atoms with E-state index < -0.39 is 0 Å². The fourth-order valence-corrected chi connectivity index (χ4v) is 1.44. The Bertz CT molecular complexity index is 180. The first-order valence-electron chi connectivity index (χ1n) is 5.72. The predicted octanol–water partition coefficient (Wildman–Crippen LogP) is 4.76. The van der Waals surface area contributed by atoms with Crippen molar-refractivity contribution in [1.29, 1.82) is 0 Å². The summed E-state index contributed by atoms with van der Waals surface area (Å²) in [7, 11) is 0. The maximum Gasteiger partial charge on any atom is 0.0925 e. The topological polar surface area (TPSA) is 20.2 Å². The van der Waals surface area contributed by atoms with Gasteiger partial charge in [0.15, 0.2) is 0 Å². The molecule has 0 unspecified atom stereocenters. The molecule has 0 aromatic heterocycles. The summed E-state index contributed by atoms with van der Waals surface area (Å²) >= 11 is 0. The zero-order valence-electron chi connectivity index (χ0n) is 9.68. The molecule has 0 aliphatic carbocycles. The smallest absolute Gasteiger partial charge is 0.0925 e. The van der Waals surface area contributed by atoms with Crippen molar-refractivity contribution in [3.63, 3.8) is 0 Å². The van der Waals surface area contributed by atoms with E-state index in [0.717, 1.165) is 18.4 Å². The fourth-order valence-electron chi connectivity index (χ4n) is 1.44. The minimum atomic E-state index is 0.480. The molecular weight excluding hydrogens is 172 g/mol. The van der Waals surface area contributed by atoms with Gasteiger partial charge in [-0.25, -0.2) is 0 Å². The SMILES string of the molecule is C=C(C)C=C(O)CCCCCCCC. The molecule has 0 spiro atoms. The zero-order chi connectivity index (χ0) is 10.8. The predicted molar refractivity (Wildman–Crippen MR) is 63.5 cm³/mol. The van der Waals surface area contributed by atoms with Crippen LogP contribution in [0, 0.1) is 0 Å². The molecule has 0 aromatic carbocycles. The molecule has 1 nitrogen and oxygen atoms in total. The highest BCUT2D eigenvalue weighted by Crippen LogP contribution is 2.11. The highest BCUT2D eigenvalue weighted by Gasteiger charge is 1.94. The van der Waals surface area contributed by atoms with Crippen LogP contribution in [0.3, 0.4) is 0 Å². The second kappa shape index (κ2) is 8.86. The Morgan fingerprint density at radius 2 is 1.71 bits per heavy atom. The van der Waals surface area contributed by atoms with Gasteiger partial charge in [0.1, 0.15) is 0 Å². The van der Waals surface area contributed by atoms with Crippen LogP contribution >= 0.6 is 0 Å². The number of rotatable bonds is 8. The number of hydrogen-bond acceptors (Lipinski definition) is 1. The summed E-state index contributed by atoms with van der Waals surface area (Å²) in [6.07, 6.45) is 10.2. The average molecular weight is 196 g/mol. The summed E-state index contributed by atoms with van der Waals surface area (Å²) in [5.41, 5.74) is 0.925. The van der Waals surface area contributed by atoms with E-state index in [0.29, 0.717) is 5.76 Å². The van der Waals surface area contributed by atoms with E-state index in [1.807, 2.05) is 6.92 Å². The van der Waals surface area contributed by atoms with Crippen LogP contribution in [0.4, 0.5) is 0 Å². The molecule has 0 aliphatic rings. The van der Waals surface area contributed by atoms with E-state index >= 15 is 0 Å². The van der Waals surface area contributed by atoms with Crippen molar-refractivity contribution in [2.45, 2.75) is 58.8 Å². The molecule has 0 rings (SSSR count). The van der Waals surface area contributed by atoms with Gasteiger partial charge in [-0.2, -0.15) is 0 Å². The standard InChI is InChI=1S/C13H24O/c1-4-5-6-7-8-9-10-13(14)11-12(2)3/h11,14H,2,4-10H2,1,3H3. The van der Waals surface area contributed by atoms with Gasteiger partial charge in [-0.3, -0.25) is 0 Å². The Kier molecular flexibility index (Phi) is 8.40. The Labute approximate surface area is 88.5 Å². The molecule has 0 saturated heterocycles. The van der Waals surface area contributed by atoms with Gasteiger partial charge in [0.05, 0.1) is 5.76 Å². The minimum Gasteiger partial charge on any atom is -0.512 e. The van der Waals surface area contributed by atoms with Gasteiger partial charge < -0.3 is 5.11 Å². The molecule has 0 amide bonds. The van der Waals surface area contributed by atoms with E-state index in [1.165, 1.54) is 32.1 Å². The molecule has 14 heavy (non-hydrogen) atoms. The van der Waals surface area contributed by atoms with Gasteiger partial charge in [0.2, 0.25) is 0 Å². The molecule has 0 atom stereocenters. The second-order valence-electron chi connectivity index (χ2n) is 4.00. The molecule has 1 N–H and O–H groups in total. The van der Waals surface area contributed by atoms with Crippen molar-refractivity contribution in [3.8, 4) is 0 Å². The maximum absolute atomic E-state index is 9.42. The quantitative estimate of drug-likeness (QED) is 0.337. The lowest BCUT2D eigenvalue weighted by Crippen LogP contribution is -1.84. The van der Waals surface area contributed by atoms with Gasteiger partial charge in [0.25, 0.3) is 0 Å². The minimum absolute atomic E-state index is 0.480. The number of aliphatic hydroxyl groups is 1. The lowest BCUT2D eigenvalue weighted by atomic mass is 10.1. The second-order valence-corrected chi connectivity index (χ2v) is 4.00. The summed E-state index contributed by atoms with van der Waals surface area (Å²) in [4.78, 5) is 0. The summed E-state index contributed by atoms with van der Waals surface area (Å²) in [5, 5.41) is 9.42. The van der Waals surface area contributed by atoms with Gasteiger partial charge >= 0.3 is 0 Å². The first kappa shape index (κ1) is 13.3. The van der Waals surface area contributed by atoms with Crippen molar-refractivity contribution < 1.29 is 5.11 Å². The van der Waals surface area contributed by atoms with Crippen molar-refractivity contribution in [2.75, 3.05) is 0 Å². The Morgan fingerprint density at radius 3 is 2.29 bits per heavy atom. The summed E-state index contributed by atoms with van der Waals surface area (Å²) in [6.45, 7) is 7.85. The van der Waals surface area contributed by atoms with E-state index in [-0.39, 0.29) is 0 Å². The molecular formula is C13H24O. The van der Waals surface area contributed by atoms with Crippen LogP contribution in [-0.4, -0.2) is 5.11 Å². The third-order valence-corrected chi connectivity index (χ3v) is 2.20. The van der Waals surface area contributed by atoms with Crippen LogP contribution in [0.25, 0.3) is 0 Å². The van der Waals surface area contributed by atoms with Crippen LogP contribution in [-0.2, 0) is 0 Å². The Hall–Kier alpha value is -0.720. The van der Waals surface area contributed by atoms with E-state index in [1.54, 1.807) is 6.08 Å². The van der Waals surface area contributed by atoms with Crippen LogP contribution in [0.2, 0.25) is 0 Å². The van der Waals surface area contributed by atoms with Crippen molar-refractivity contribution in [1.82, 2.24) is 0 Å². The molecule has 0 radical (unpaired) electrons. The van der Waals surface area contributed by atoms with Gasteiger partial charge in [-0.1, -0.05) is 51.2 Å². The number of unbranched alkanes of at least 4 members (excludes halogenated alkanes) is 5. The monoisotopic (exact) mass is 196 g/mol. The largest absolute Gasteiger partial charge is 0.512 e. The van der Waals surface area contributed by atoms with Crippen LogP contribution in [0.5, 0.6) is 0 Å². The summed E-state index contributed by atoms with van der Waals surface area (Å²) in [5.74, 6) is 0.480. The molecule has 0 bridgehead atoms. The molecule has 0 saturated carbocycles. The maximum atomic E-state index is 9.42. The Morgan fingerprint density at radius 1 is 1.14 bits per heavy atom. The Balaban J connectivity index is 3.31. The van der Waals surface area contributed by atoms with Crippen molar-refractivity contribution in [3.05, 3.63) is 24.0 Å². The highest BCUT2D eigenvalue weighted by atomic mass is 16.3. The molecule has 0 aliphatic heterocycles. The molecule has 82 valence electrons. The third-order valence-electron chi connectivity index (χ3n) is 2.20. The zero-order valence-corrected chi connectivity index (χ0v) is 9.68. The lowest BCUT2D eigenvalue weighted by molar-refractivity contribution is 0.380. The van der Waals surface area contributed by atoms with Crippen molar-refractivity contribution in [2.24, 2.45) is 0 Å². The first-order valence-corrected chi connectivity index (χ1v) is 5.72. The van der Waals surface area contributed by atoms with Gasteiger partial charge in [-0.15, -0.1) is 0 Å². The molecule has 1 heteroatoms. The number of aliphatic hydroxyl groups excluding tert-OH is 1. The fraction of sp³-hybridized carbons (Fsp3) is 0.692. The van der Waals surface area contributed by atoms with Gasteiger partial charge in [0, 0.05) is 6.42 Å². The van der Waals surface area contributed by atoms with Gasteiger partial charge in [-0.05, 0) is 19.4 Å². The van der Waals surface area contributed by atoms with Crippen LogP contribution < -0.4 is 0 Å².